The van der Waals surface area contributed by atoms with Crippen LogP contribution in [0.3, 0.4) is 0 Å². The minimum absolute atomic E-state index is 0.0678. The van der Waals surface area contributed by atoms with E-state index in [9.17, 15) is 19.2 Å². The minimum atomic E-state index is -0.972. The van der Waals surface area contributed by atoms with E-state index in [0.29, 0.717) is 29.7 Å². The van der Waals surface area contributed by atoms with Gasteiger partial charge in [-0.2, -0.15) is 0 Å². The van der Waals surface area contributed by atoms with Gasteiger partial charge >= 0.3 is 0 Å². The molecule has 1 aliphatic carbocycles. The first-order valence-corrected chi connectivity index (χ1v) is 12.7. The first-order valence-electron chi connectivity index (χ1n) is 12.7. The van der Waals surface area contributed by atoms with Crippen LogP contribution in [-0.2, 0) is 19.2 Å². The van der Waals surface area contributed by atoms with Crippen LogP contribution in [0, 0.1) is 11.8 Å². The molecule has 4 rings (SSSR count). The van der Waals surface area contributed by atoms with Crippen molar-refractivity contribution in [3.8, 4) is 5.75 Å². The van der Waals surface area contributed by atoms with E-state index in [1.165, 1.54) is 21.3 Å². The van der Waals surface area contributed by atoms with Crippen LogP contribution in [0.5, 0.6) is 5.75 Å². The van der Waals surface area contributed by atoms with Crippen LogP contribution in [0.2, 0.25) is 0 Å². The highest BCUT2D eigenvalue weighted by molar-refractivity contribution is 6.10. The van der Waals surface area contributed by atoms with Crippen LogP contribution in [0.15, 0.2) is 24.4 Å². The molecule has 3 atom stereocenters. The van der Waals surface area contributed by atoms with E-state index < -0.39 is 35.7 Å². The van der Waals surface area contributed by atoms with Gasteiger partial charge in [0.15, 0.2) is 0 Å². The number of hydroxylamine groups is 2. The molecule has 4 amide bonds. The Balaban J connectivity index is 1.57. The Morgan fingerprint density at radius 3 is 2.54 bits per heavy atom. The lowest BCUT2D eigenvalue weighted by atomic mass is 9.94. The van der Waals surface area contributed by atoms with Gasteiger partial charge in [0, 0.05) is 31.2 Å². The molecule has 2 aromatic rings. The molecule has 2 fully saturated rings. The third-order valence-electron chi connectivity index (χ3n) is 7.45. The summed E-state index contributed by atoms with van der Waals surface area (Å²) in [6.07, 6.45) is 5.83. The van der Waals surface area contributed by atoms with Crippen molar-refractivity contribution in [2.75, 3.05) is 27.8 Å². The number of aromatic amines is 1. The summed E-state index contributed by atoms with van der Waals surface area (Å²) in [6, 6.07) is 3.63. The molecule has 200 valence electrons. The Hall–Kier alpha value is -3.60. The Labute approximate surface area is 215 Å². The van der Waals surface area contributed by atoms with E-state index in [-0.39, 0.29) is 18.2 Å². The maximum atomic E-state index is 13.6. The predicted octanol–water partition coefficient (Wildman–Crippen LogP) is 1.50. The second-order valence-corrected chi connectivity index (χ2v) is 9.67. The fourth-order valence-corrected chi connectivity index (χ4v) is 5.35. The zero-order chi connectivity index (χ0) is 26.5. The third kappa shape index (κ3) is 5.71. The number of H-pyrrole nitrogens is 1. The van der Waals surface area contributed by atoms with Gasteiger partial charge < -0.3 is 25.7 Å². The predicted molar refractivity (Wildman–Crippen MR) is 136 cm³/mol. The highest BCUT2D eigenvalue weighted by Gasteiger charge is 2.37. The monoisotopic (exact) mass is 513 g/mol. The van der Waals surface area contributed by atoms with Gasteiger partial charge in [-0.15, -0.1) is 0 Å². The first kappa shape index (κ1) is 26.5. The molecular weight excluding hydrogens is 478 g/mol. The van der Waals surface area contributed by atoms with Crippen LogP contribution >= 0.6 is 0 Å². The number of hydrogen-bond donors (Lipinski definition) is 4. The second kappa shape index (κ2) is 11.6. The third-order valence-corrected chi connectivity index (χ3v) is 7.45. The normalized spacial score (nSPS) is 19.3. The molecule has 1 saturated heterocycles. The lowest BCUT2D eigenvalue weighted by Crippen LogP contribution is -2.56. The van der Waals surface area contributed by atoms with Crippen molar-refractivity contribution >= 4 is 34.5 Å². The lowest BCUT2D eigenvalue weighted by Gasteiger charge is -2.28. The van der Waals surface area contributed by atoms with Crippen molar-refractivity contribution in [2.45, 2.75) is 50.6 Å². The molecule has 0 spiro atoms. The molecule has 0 radical (unpaired) electrons. The molecule has 11 heteroatoms. The Kier molecular flexibility index (Phi) is 8.32. The first-order chi connectivity index (χ1) is 17.8. The molecule has 1 saturated carbocycles. The van der Waals surface area contributed by atoms with E-state index in [2.05, 4.69) is 20.9 Å². The Morgan fingerprint density at radius 1 is 1.14 bits per heavy atom. The van der Waals surface area contributed by atoms with E-state index in [0.717, 1.165) is 36.3 Å². The summed E-state index contributed by atoms with van der Waals surface area (Å²) in [6.45, 7) is 0.535. The van der Waals surface area contributed by atoms with E-state index in [1.807, 2.05) is 12.1 Å². The summed E-state index contributed by atoms with van der Waals surface area (Å²) in [5.41, 5.74) is 1.12. The number of carbonyl (C=O) groups excluding carboxylic acids is 4. The van der Waals surface area contributed by atoms with Gasteiger partial charge in [0.05, 0.1) is 25.2 Å². The zero-order valence-electron chi connectivity index (χ0n) is 21.5. The molecule has 2 aliphatic rings. The SMILES string of the molecule is COc1cccc2[nH]cc(C(=O)N[C@H](C(=O)N[C@@H](C[C@@H]3CCNC3=O)C(=O)N(C)OC)C3CCCC3)c12. The second-order valence-electron chi connectivity index (χ2n) is 9.67. The number of rotatable bonds is 10. The van der Waals surface area contributed by atoms with Crippen molar-refractivity contribution in [1.82, 2.24) is 26.0 Å². The average Bonchev–Trinajstić information content (AvgIpc) is 3.67. The molecule has 37 heavy (non-hydrogen) atoms. The standard InChI is InChI=1S/C26H35N5O6/c1-31(37-3)26(35)19(13-16-11-12-27-23(16)32)29-25(34)22(15-7-4-5-8-15)30-24(33)17-14-28-18-9-6-10-20(36-2)21(17)18/h6,9-10,14-16,19,22,28H,4-5,7-8,11-13H2,1-3H3,(H,27,32)(H,29,34)(H,30,33)/t16-,19-,22-/m0/s1. The highest BCUT2D eigenvalue weighted by Crippen LogP contribution is 2.31. The maximum absolute atomic E-state index is 13.6. The molecule has 1 aromatic carbocycles. The van der Waals surface area contributed by atoms with Gasteiger partial charge in [-0.25, -0.2) is 5.06 Å². The van der Waals surface area contributed by atoms with Crippen molar-refractivity contribution in [3.05, 3.63) is 30.0 Å². The van der Waals surface area contributed by atoms with E-state index in [1.54, 1.807) is 12.3 Å². The van der Waals surface area contributed by atoms with Crippen LogP contribution in [0.4, 0.5) is 0 Å². The fourth-order valence-electron chi connectivity index (χ4n) is 5.35. The van der Waals surface area contributed by atoms with Gasteiger partial charge in [-0.1, -0.05) is 18.9 Å². The molecule has 1 aliphatic heterocycles. The summed E-state index contributed by atoms with van der Waals surface area (Å²) in [7, 11) is 4.35. The summed E-state index contributed by atoms with van der Waals surface area (Å²) < 4.78 is 5.45. The van der Waals surface area contributed by atoms with Crippen molar-refractivity contribution < 1.29 is 28.8 Å². The smallest absolute Gasteiger partial charge is 0.268 e. The van der Waals surface area contributed by atoms with Gasteiger partial charge in [0.2, 0.25) is 11.8 Å². The molecule has 11 nitrogen and oxygen atoms in total. The van der Waals surface area contributed by atoms with Crippen molar-refractivity contribution in [1.29, 1.82) is 0 Å². The molecule has 2 heterocycles. The number of aromatic nitrogens is 1. The zero-order valence-corrected chi connectivity index (χ0v) is 21.5. The number of benzene rings is 1. The largest absolute Gasteiger partial charge is 0.496 e. The quantitative estimate of drug-likeness (QED) is 0.355. The number of carbonyl (C=O) groups is 4. The van der Waals surface area contributed by atoms with Crippen LogP contribution < -0.4 is 20.7 Å². The van der Waals surface area contributed by atoms with Gasteiger partial charge in [-0.3, -0.25) is 24.0 Å². The van der Waals surface area contributed by atoms with Gasteiger partial charge in [0.1, 0.15) is 17.8 Å². The number of ether oxygens (including phenoxy) is 1. The summed E-state index contributed by atoms with van der Waals surface area (Å²) in [5, 5.41) is 10.2. The number of hydrogen-bond acceptors (Lipinski definition) is 6. The van der Waals surface area contributed by atoms with E-state index >= 15 is 0 Å². The van der Waals surface area contributed by atoms with Gasteiger partial charge in [0.25, 0.3) is 11.8 Å². The maximum Gasteiger partial charge on any atom is 0.268 e. The number of likely N-dealkylation sites (N-methyl/N-ethyl adjacent to an activating group) is 1. The fraction of sp³-hybridized carbons (Fsp3) is 0.538. The van der Waals surface area contributed by atoms with Crippen LogP contribution in [-0.4, -0.2) is 73.6 Å². The van der Waals surface area contributed by atoms with Crippen molar-refractivity contribution in [3.63, 3.8) is 0 Å². The van der Waals surface area contributed by atoms with Crippen molar-refractivity contribution in [2.24, 2.45) is 11.8 Å². The molecule has 0 unspecified atom stereocenters. The molecule has 1 aromatic heterocycles. The molecule has 0 bridgehead atoms. The highest BCUT2D eigenvalue weighted by atomic mass is 16.7. The topological polar surface area (TPSA) is 142 Å². The minimum Gasteiger partial charge on any atom is -0.496 e. The average molecular weight is 514 g/mol. The summed E-state index contributed by atoms with van der Waals surface area (Å²) in [4.78, 5) is 60.4. The summed E-state index contributed by atoms with van der Waals surface area (Å²) in [5.74, 6) is -1.37. The van der Waals surface area contributed by atoms with Crippen LogP contribution in [0.25, 0.3) is 10.9 Å². The Morgan fingerprint density at radius 2 is 1.89 bits per heavy atom. The lowest BCUT2D eigenvalue weighted by molar-refractivity contribution is -0.172. The van der Waals surface area contributed by atoms with Gasteiger partial charge in [-0.05, 0) is 43.7 Å². The number of nitrogens with one attached hydrogen (secondary N) is 4. The number of nitrogens with zero attached hydrogens (tertiary/aromatic N) is 1. The molecule has 4 N–H and O–H groups in total. The van der Waals surface area contributed by atoms with E-state index in [4.69, 9.17) is 9.57 Å². The number of methoxy groups -OCH3 is 1. The number of amides is 4. The number of fused-ring (bicyclic) bond motifs is 1. The molecular formula is C26H35N5O6. The summed E-state index contributed by atoms with van der Waals surface area (Å²) >= 11 is 0. The Bertz CT molecular complexity index is 1160. The van der Waals surface area contributed by atoms with Crippen LogP contribution in [0.1, 0.15) is 48.9 Å².